The highest BCUT2D eigenvalue weighted by Crippen LogP contribution is 2.35. The number of urea groups is 1. The van der Waals surface area contributed by atoms with Gasteiger partial charge in [0.15, 0.2) is 0 Å². The van der Waals surface area contributed by atoms with Crippen LogP contribution in [0.15, 0.2) is 42.5 Å². The second kappa shape index (κ2) is 6.33. The molecule has 1 fully saturated rings. The highest BCUT2D eigenvalue weighted by Gasteiger charge is 2.50. The Hall–Kier alpha value is -2.97. The van der Waals surface area contributed by atoms with E-state index in [1.807, 2.05) is 0 Å². The second-order valence-corrected chi connectivity index (χ2v) is 6.23. The van der Waals surface area contributed by atoms with Gasteiger partial charge in [0.2, 0.25) is 0 Å². The lowest BCUT2D eigenvalue weighted by Gasteiger charge is -2.23. The van der Waals surface area contributed by atoms with Crippen LogP contribution in [-0.2, 0) is 23.1 Å². The molecule has 0 saturated carbocycles. The van der Waals surface area contributed by atoms with Crippen LogP contribution in [0.25, 0.3) is 0 Å². The van der Waals surface area contributed by atoms with Crippen molar-refractivity contribution in [2.45, 2.75) is 25.2 Å². The van der Waals surface area contributed by atoms with Gasteiger partial charge in [-0.25, -0.2) is 13.6 Å². The van der Waals surface area contributed by atoms with E-state index < -0.39 is 53.0 Å². The van der Waals surface area contributed by atoms with E-state index in [9.17, 15) is 31.5 Å². The molecule has 2 aromatic rings. The predicted octanol–water partition coefficient (Wildman–Crippen LogP) is 3.95. The number of amides is 3. The third-order valence-corrected chi connectivity index (χ3v) is 4.39. The molecule has 0 spiro atoms. The molecule has 0 aromatic heterocycles. The molecule has 0 radical (unpaired) electrons. The van der Waals surface area contributed by atoms with Crippen molar-refractivity contribution in [1.82, 2.24) is 10.2 Å². The van der Waals surface area contributed by atoms with Crippen molar-refractivity contribution in [2.24, 2.45) is 0 Å². The Morgan fingerprint density at radius 3 is 2.41 bits per heavy atom. The second-order valence-electron chi connectivity index (χ2n) is 6.23. The van der Waals surface area contributed by atoms with Crippen LogP contribution in [0.4, 0.5) is 26.7 Å². The average Bonchev–Trinajstić information content (AvgIpc) is 2.80. The van der Waals surface area contributed by atoms with Crippen LogP contribution in [0.1, 0.15) is 23.6 Å². The minimum Gasteiger partial charge on any atom is -0.319 e. The average molecular weight is 384 g/mol. The summed E-state index contributed by atoms with van der Waals surface area (Å²) in [6.07, 6.45) is -4.67. The van der Waals surface area contributed by atoms with Gasteiger partial charge < -0.3 is 5.32 Å². The fraction of sp³-hybridized carbons (Fsp3) is 0.222. The van der Waals surface area contributed by atoms with Gasteiger partial charge in [-0.1, -0.05) is 18.2 Å². The largest absolute Gasteiger partial charge is 0.416 e. The Balaban J connectivity index is 1.98. The molecule has 0 unspecified atom stereocenters. The van der Waals surface area contributed by atoms with Gasteiger partial charge >= 0.3 is 12.2 Å². The minimum absolute atomic E-state index is 0.294. The number of carbonyl (C=O) groups excluding carboxylic acids is 2. The number of nitrogens with one attached hydrogen (secondary N) is 1. The summed E-state index contributed by atoms with van der Waals surface area (Å²) in [4.78, 5) is 25.5. The van der Waals surface area contributed by atoms with Gasteiger partial charge in [0.05, 0.1) is 12.1 Å². The Bertz CT molecular complexity index is 928. The van der Waals surface area contributed by atoms with E-state index in [0.717, 1.165) is 30.3 Å². The van der Waals surface area contributed by atoms with E-state index in [1.165, 1.54) is 19.1 Å². The highest BCUT2D eigenvalue weighted by atomic mass is 19.4. The number of alkyl halides is 3. The monoisotopic (exact) mass is 384 g/mol. The van der Waals surface area contributed by atoms with Crippen LogP contribution < -0.4 is 5.32 Å². The van der Waals surface area contributed by atoms with Gasteiger partial charge in [-0.2, -0.15) is 13.2 Å². The van der Waals surface area contributed by atoms with Crippen LogP contribution >= 0.6 is 0 Å². The molecule has 3 amide bonds. The zero-order chi connectivity index (χ0) is 20.0. The van der Waals surface area contributed by atoms with Crippen molar-refractivity contribution in [3.05, 3.63) is 70.8 Å². The van der Waals surface area contributed by atoms with Gasteiger partial charge in [0.1, 0.15) is 17.2 Å². The third kappa shape index (κ3) is 3.24. The predicted molar refractivity (Wildman–Crippen MR) is 84.2 cm³/mol. The minimum atomic E-state index is -4.67. The fourth-order valence-corrected chi connectivity index (χ4v) is 3.01. The summed E-state index contributed by atoms with van der Waals surface area (Å²) >= 11 is 0. The maximum Gasteiger partial charge on any atom is 0.416 e. The van der Waals surface area contributed by atoms with Crippen molar-refractivity contribution in [2.75, 3.05) is 0 Å². The zero-order valence-corrected chi connectivity index (χ0v) is 13.9. The Labute approximate surface area is 150 Å². The highest BCUT2D eigenvalue weighted by molar-refractivity contribution is 6.07. The Morgan fingerprint density at radius 2 is 1.74 bits per heavy atom. The zero-order valence-electron chi connectivity index (χ0n) is 13.9. The lowest BCUT2D eigenvalue weighted by molar-refractivity contribution is -0.139. The molecular weight excluding hydrogens is 371 g/mol. The van der Waals surface area contributed by atoms with Crippen molar-refractivity contribution in [1.29, 1.82) is 0 Å². The SMILES string of the molecule is C[C@]1(c2cc(F)ccc2F)NC(=O)N(Cc2ccccc2C(F)(F)F)C1=O. The van der Waals surface area contributed by atoms with Crippen LogP contribution in [-0.4, -0.2) is 16.8 Å². The number of halogens is 5. The summed E-state index contributed by atoms with van der Waals surface area (Å²) < 4.78 is 67.0. The van der Waals surface area contributed by atoms with Crippen LogP contribution in [0.5, 0.6) is 0 Å². The number of hydrogen-bond donors (Lipinski definition) is 1. The van der Waals surface area contributed by atoms with Crippen LogP contribution in [0.2, 0.25) is 0 Å². The Kier molecular flexibility index (Phi) is 4.41. The lowest BCUT2D eigenvalue weighted by atomic mass is 9.91. The van der Waals surface area contributed by atoms with Gasteiger partial charge in [0, 0.05) is 5.56 Å². The summed E-state index contributed by atoms with van der Waals surface area (Å²) in [6, 6.07) is 5.92. The molecule has 9 heteroatoms. The first kappa shape index (κ1) is 18.8. The van der Waals surface area contributed by atoms with Crippen molar-refractivity contribution in [3.8, 4) is 0 Å². The molecule has 0 bridgehead atoms. The molecule has 3 rings (SSSR count). The summed E-state index contributed by atoms with van der Waals surface area (Å²) in [6.45, 7) is 0.508. The molecule has 27 heavy (non-hydrogen) atoms. The summed E-state index contributed by atoms with van der Waals surface area (Å²) in [5.74, 6) is -2.73. The molecule has 1 aliphatic rings. The fourth-order valence-electron chi connectivity index (χ4n) is 3.01. The van der Waals surface area contributed by atoms with Gasteiger partial charge in [0.25, 0.3) is 5.91 Å². The van der Waals surface area contributed by atoms with Crippen molar-refractivity contribution < 1.29 is 31.5 Å². The van der Waals surface area contributed by atoms with E-state index in [4.69, 9.17) is 0 Å². The summed E-state index contributed by atoms with van der Waals surface area (Å²) in [5, 5.41) is 2.24. The molecule has 4 nitrogen and oxygen atoms in total. The summed E-state index contributed by atoms with van der Waals surface area (Å²) in [5.41, 5.74) is -3.63. The van der Waals surface area contributed by atoms with Gasteiger partial charge in [-0.3, -0.25) is 9.69 Å². The first-order valence-corrected chi connectivity index (χ1v) is 7.79. The molecule has 0 aliphatic carbocycles. The third-order valence-electron chi connectivity index (χ3n) is 4.39. The quantitative estimate of drug-likeness (QED) is 0.644. The number of benzene rings is 2. The molecule has 1 heterocycles. The van der Waals surface area contributed by atoms with E-state index in [1.54, 1.807) is 0 Å². The number of imide groups is 1. The van der Waals surface area contributed by atoms with E-state index in [2.05, 4.69) is 5.32 Å². The van der Waals surface area contributed by atoms with E-state index in [-0.39, 0.29) is 5.56 Å². The number of hydrogen-bond acceptors (Lipinski definition) is 2. The normalized spacial score (nSPS) is 20.1. The standard InChI is InChI=1S/C18H13F5N2O2/c1-17(13-8-11(19)6-7-14(13)20)15(26)25(16(27)24-17)9-10-4-2-3-5-12(10)18(21,22)23/h2-8H,9H2,1H3,(H,24,27)/t17-/m1/s1. The van der Waals surface area contributed by atoms with E-state index in [0.29, 0.717) is 4.90 Å². The van der Waals surface area contributed by atoms with Crippen LogP contribution in [0.3, 0.4) is 0 Å². The van der Waals surface area contributed by atoms with Crippen molar-refractivity contribution >= 4 is 11.9 Å². The maximum absolute atomic E-state index is 14.1. The maximum atomic E-state index is 14.1. The van der Waals surface area contributed by atoms with Crippen LogP contribution in [0, 0.1) is 11.6 Å². The lowest BCUT2D eigenvalue weighted by Crippen LogP contribution is -2.41. The molecule has 2 aromatic carbocycles. The smallest absolute Gasteiger partial charge is 0.319 e. The molecule has 1 atom stereocenters. The molecule has 1 N–H and O–H groups in total. The molecule has 1 aliphatic heterocycles. The number of nitrogens with zero attached hydrogens (tertiary/aromatic N) is 1. The topological polar surface area (TPSA) is 49.4 Å². The summed E-state index contributed by atoms with van der Waals surface area (Å²) in [7, 11) is 0. The number of carbonyl (C=O) groups is 2. The van der Waals surface area contributed by atoms with Gasteiger partial charge in [-0.15, -0.1) is 0 Å². The first-order valence-electron chi connectivity index (χ1n) is 7.79. The van der Waals surface area contributed by atoms with Crippen molar-refractivity contribution in [3.63, 3.8) is 0 Å². The van der Waals surface area contributed by atoms with E-state index >= 15 is 0 Å². The number of rotatable bonds is 3. The Morgan fingerprint density at radius 1 is 1.07 bits per heavy atom. The molecule has 142 valence electrons. The molecule has 1 saturated heterocycles. The first-order chi connectivity index (χ1) is 12.5. The molecular formula is C18H13F5N2O2. The van der Waals surface area contributed by atoms with Gasteiger partial charge in [-0.05, 0) is 36.8 Å².